The number of nitrogen functional groups attached to an aromatic ring is 1. The molecule has 1 aromatic carbocycles. The Kier molecular flexibility index (Phi) is 2.81. The standard InChI is InChI=1S/C12H15N3O/c1-8-9(2)14-15-12(8)7-16-11-5-3-10(13)4-6-11/h3-6H,7,13H2,1-2H3,(H,14,15). The summed E-state index contributed by atoms with van der Waals surface area (Å²) in [5.41, 5.74) is 9.49. The summed E-state index contributed by atoms with van der Waals surface area (Å²) in [7, 11) is 0. The molecule has 16 heavy (non-hydrogen) atoms. The number of nitrogens with one attached hydrogen (secondary N) is 1. The van der Waals surface area contributed by atoms with Gasteiger partial charge in [-0.15, -0.1) is 0 Å². The van der Waals surface area contributed by atoms with Crippen LogP contribution in [0.3, 0.4) is 0 Å². The molecule has 4 heteroatoms. The maximum atomic E-state index is 5.60. The van der Waals surface area contributed by atoms with E-state index in [1.807, 2.05) is 38.1 Å². The topological polar surface area (TPSA) is 63.9 Å². The van der Waals surface area contributed by atoms with Crippen molar-refractivity contribution >= 4 is 5.69 Å². The van der Waals surface area contributed by atoms with Crippen molar-refractivity contribution in [1.82, 2.24) is 10.2 Å². The van der Waals surface area contributed by atoms with E-state index in [9.17, 15) is 0 Å². The Labute approximate surface area is 94.4 Å². The Morgan fingerprint density at radius 3 is 2.50 bits per heavy atom. The van der Waals surface area contributed by atoms with Crippen molar-refractivity contribution in [2.24, 2.45) is 0 Å². The van der Waals surface area contributed by atoms with Crippen LogP contribution in [0.1, 0.15) is 17.0 Å². The highest BCUT2D eigenvalue weighted by Crippen LogP contribution is 2.16. The summed E-state index contributed by atoms with van der Waals surface area (Å²) in [6, 6.07) is 7.34. The molecule has 0 bridgehead atoms. The van der Waals surface area contributed by atoms with Crippen LogP contribution >= 0.6 is 0 Å². The number of H-pyrrole nitrogens is 1. The lowest BCUT2D eigenvalue weighted by molar-refractivity contribution is 0.300. The summed E-state index contributed by atoms with van der Waals surface area (Å²) < 4.78 is 5.60. The first kappa shape index (κ1) is 10.5. The predicted molar refractivity (Wildman–Crippen MR) is 63.2 cm³/mol. The van der Waals surface area contributed by atoms with Crippen LogP contribution in [0, 0.1) is 13.8 Å². The van der Waals surface area contributed by atoms with E-state index in [0.717, 1.165) is 28.4 Å². The number of aryl methyl sites for hydroxylation is 1. The van der Waals surface area contributed by atoms with Gasteiger partial charge in [0.25, 0.3) is 0 Å². The Morgan fingerprint density at radius 1 is 1.25 bits per heavy atom. The highest BCUT2D eigenvalue weighted by Gasteiger charge is 2.05. The number of nitrogens with two attached hydrogens (primary N) is 1. The van der Waals surface area contributed by atoms with Crippen LogP contribution in [0.5, 0.6) is 5.75 Å². The quantitative estimate of drug-likeness (QED) is 0.774. The molecule has 2 rings (SSSR count). The molecule has 0 unspecified atom stereocenters. The predicted octanol–water partition coefficient (Wildman–Crippen LogP) is 2.19. The fourth-order valence-corrected chi connectivity index (χ4v) is 1.39. The highest BCUT2D eigenvalue weighted by molar-refractivity contribution is 5.41. The Hall–Kier alpha value is -1.97. The zero-order valence-electron chi connectivity index (χ0n) is 9.45. The van der Waals surface area contributed by atoms with Crippen LogP contribution < -0.4 is 10.5 Å². The fourth-order valence-electron chi connectivity index (χ4n) is 1.39. The van der Waals surface area contributed by atoms with E-state index in [2.05, 4.69) is 10.2 Å². The van der Waals surface area contributed by atoms with Crippen molar-refractivity contribution in [1.29, 1.82) is 0 Å². The molecule has 0 amide bonds. The molecule has 0 spiro atoms. The Bertz CT molecular complexity index is 474. The van der Waals surface area contributed by atoms with Gasteiger partial charge < -0.3 is 10.5 Å². The maximum absolute atomic E-state index is 5.60. The number of hydrogen-bond acceptors (Lipinski definition) is 3. The van der Waals surface area contributed by atoms with E-state index in [0.29, 0.717) is 6.61 Å². The minimum Gasteiger partial charge on any atom is -0.487 e. The van der Waals surface area contributed by atoms with E-state index in [4.69, 9.17) is 10.5 Å². The zero-order chi connectivity index (χ0) is 11.5. The largest absolute Gasteiger partial charge is 0.487 e. The molecule has 1 heterocycles. The van der Waals surface area contributed by atoms with Crippen LogP contribution in [0.4, 0.5) is 5.69 Å². The summed E-state index contributed by atoms with van der Waals surface area (Å²) in [6.45, 7) is 4.50. The number of anilines is 1. The molecule has 0 aliphatic rings. The van der Waals surface area contributed by atoms with E-state index >= 15 is 0 Å². The summed E-state index contributed by atoms with van der Waals surface area (Å²) >= 11 is 0. The Balaban J connectivity index is 2.02. The minimum atomic E-state index is 0.472. The first-order valence-corrected chi connectivity index (χ1v) is 5.15. The summed E-state index contributed by atoms with van der Waals surface area (Å²) in [5.74, 6) is 0.800. The number of aromatic amines is 1. The molecule has 4 nitrogen and oxygen atoms in total. The summed E-state index contributed by atoms with van der Waals surface area (Å²) in [4.78, 5) is 0. The molecule has 2 aromatic rings. The lowest BCUT2D eigenvalue weighted by Gasteiger charge is -2.04. The smallest absolute Gasteiger partial charge is 0.132 e. The van der Waals surface area contributed by atoms with Gasteiger partial charge in [-0.25, -0.2) is 0 Å². The number of aromatic nitrogens is 2. The van der Waals surface area contributed by atoms with Crippen molar-refractivity contribution in [2.75, 3.05) is 5.73 Å². The third kappa shape index (κ3) is 2.16. The van der Waals surface area contributed by atoms with Gasteiger partial charge in [0, 0.05) is 11.4 Å². The highest BCUT2D eigenvalue weighted by atomic mass is 16.5. The molecule has 0 aliphatic carbocycles. The normalized spacial score (nSPS) is 10.4. The average Bonchev–Trinajstić information content (AvgIpc) is 2.60. The molecule has 0 saturated heterocycles. The lowest BCUT2D eigenvalue weighted by atomic mass is 10.2. The molecule has 84 valence electrons. The second-order valence-corrected chi connectivity index (χ2v) is 3.78. The van der Waals surface area contributed by atoms with Crippen molar-refractivity contribution < 1.29 is 4.74 Å². The molecular weight excluding hydrogens is 202 g/mol. The van der Waals surface area contributed by atoms with Crippen molar-refractivity contribution in [3.8, 4) is 5.75 Å². The van der Waals surface area contributed by atoms with Gasteiger partial charge in [0.05, 0.1) is 0 Å². The number of benzene rings is 1. The van der Waals surface area contributed by atoms with Crippen molar-refractivity contribution in [3.63, 3.8) is 0 Å². The van der Waals surface area contributed by atoms with E-state index in [1.54, 1.807) is 0 Å². The minimum absolute atomic E-state index is 0.472. The van der Waals surface area contributed by atoms with Crippen molar-refractivity contribution in [3.05, 3.63) is 41.2 Å². The number of rotatable bonds is 3. The van der Waals surface area contributed by atoms with Gasteiger partial charge in [-0.3, -0.25) is 5.10 Å². The Morgan fingerprint density at radius 2 is 1.94 bits per heavy atom. The molecule has 0 fully saturated rings. The van der Waals surface area contributed by atoms with Gasteiger partial charge in [-0.05, 0) is 43.7 Å². The van der Waals surface area contributed by atoms with Crippen molar-refractivity contribution in [2.45, 2.75) is 20.5 Å². The van der Waals surface area contributed by atoms with Gasteiger partial charge in [-0.1, -0.05) is 0 Å². The second kappa shape index (κ2) is 4.26. The molecule has 0 aliphatic heterocycles. The molecule has 3 N–H and O–H groups in total. The number of hydrogen-bond donors (Lipinski definition) is 2. The average molecular weight is 217 g/mol. The molecular formula is C12H15N3O. The maximum Gasteiger partial charge on any atom is 0.132 e. The van der Waals surface area contributed by atoms with E-state index < -0.39 is 0 Å². The van der Waals surface area contributed by atoms with Crippen LogP contribution in [0.15, 0.2) is 24.3 Å². The van der Waals surface area contributed by atoms with Crippen LogP contribution in [-0.2, 0) is 6.61 Å². The zero-order valence-corrected chi connectivity index (χ0v) is 9.45. The van der Waals surface area contributed by atoms with Crippen LogP contribution in [0.2, 0.25) is 0 Å². The summed E-state index contributed by atoms with van der Waals surface area (Å²) in [5, 5.41) is 7.11. The first-order valence-electron chi connectivity index (χ1n) is 5.15. The van der Waals surface area contributed by atoms with Gasteiger partial charge in [0.15, 0.2) is 0 Å². The monoisotopic (exact) mass is 217 g/mol. The third-order valence-electron chi connectivity index (χ3n) is 2.61. The SMILES string of the molecule is Cc1[nH]nc(COc2ccc(N)cc2)c1C. The van der Waals surface area contributed by atoms with E-state index in [-0.39, 0.29) is 0 Å². The van der Waals surface area contributed by atoms with Gasteiger partial charge in [-0.2, -0.15) is 5.10 Å². The van der Waals surface area contributed by atoms with Gasteiger partial charge in [0.1, 0.15) is 18.1 Å². The summed E-state index contributed by atoms with van der Waals surface area (Å²) in [6.07, 6.45) is 0. The molecule has 0 atom stereocenters. The van der Waals surface area contributed by atoms with E-state index in [1.165, 1.54) is 0 Å². The molecule has 1 aromatic heterocycles. The third-order valence-corrected chi connectivity index (χ3v) is 2.61. The number of nitrogens with zero attached hydrogens (tertiary/aromatic N) is 1. The van der Waals surface area contributed by atoms with Crippen LogP contribution in [0.25, 0.3) is 0 Å². The lowest BCUT2D eigenvalue weighted by Crippen LogP contribution is -1.97. The first-order chi connectivity index (χ1) is 7.66. The van der Waals surface area contributed by atoms with Crippen LogP contribution in [-0.4, -0.2) is 10.2 Å². The second-order valence-electron chi connectivity index (χ2n) is 3.78. The van der Waals surface area contributed by atoms with Gasteiger partial charge >= 0.3 is 0 Å². The van der Waals surface area contributed by atoms with Gasteiger partial charge in [0.2, 0.25) is 0 Å². The molecule has 0 saturated carbocycles. The number of ether oxygens (including phenoxy) is 1. The molecule has 0 radical (unpaired) electrons. The fraction of sp³-hybridized carbons (Fsp3) is 0.250.